The maximum atomic E-state index is 14.3. The third kappa shape index (κ3) is 11.9. The minimum Gasteiger partial charge on any atom is -0.497 e. The third-order valence-electron chi connectivity index (χ3n) is 9.27. The molecule has 2 atom stereocenters. The van der Waals surface area contributed by atoms with Crippen LogP contribution in [-0.4, -0.2) is 68.0 Å². The number of nitrogens with one attached hydrogen (secondary N) is 2. The van der Waals surface area contributed by atoms with E-state index in [0.717, 1.165) is 48.5 Å². The largest absolute Gasteiger partial charge is 0.497 e. The van der Waals surface area contributed by atoms with E-state index < -0.39 is 89.8 Å². The van der Waals surface area contributed by atoms with Crippen molar-refractivity contribution in [1.29, 1.82) is 0 Å². The number of sulfonamides is 2. The first kappa shape index (κ1) is 46.7. The number of ether oxygens (including phenoxy) is 2. The van der Waals surface area contributed by atoms with E-state index in [1.54, 1.807) is 24.3 Å². The van der Waals surface area contributed by atoms with Gasteiger partial charge < -0.3 is 19.3 Å². The highest BCUT2D eigenvalue weighted by Crippen LogP contribution is 2.25. The molecule has 0 unspecified atom stereocenters. The standard InChI is InChI=1S/C44H42F4N4O8S2/c1-5-18-51(35-10-14-37(59-3)15-11-35)43(53)41(24-29-20-31(45)26-32(46)21-29)49-61(55,56)39-8-7-9-40(28-39)62(57,58)50-42(25-30-22-33(47)27-34(48)23-30)44(54)52(19-6-2)36-12-16-38(60-4)17-13-36/h5-17,20-23,26-28,41-42,49-50H,1-2,18-19,24-25H2,3-4H3/t41-,42-/m0/s1. The van der Waals surface area contributed by atoms with E-state index in [2.05, 4.69) is 22.6 Å². The lowest BCUT2D eigenvalue weighted by atomic mass is 10.0. The van der Waals surface area contributed by atoms with Crippen LogP contribution in [0.5, 0.6) is 11.5 Å². The van der Waals surface area contributed by atoms with Crippen molar-refractivity contribution in [3.63, 3.8) is 0 Å². The Balaban J connectivity index is 1.51. The molecular weight excluding hydrogens is 853 g/mol. The van der Waals surface area contributed by atoms with Gasteiger partial charge in [-0.05, 0) is 115 Å². The molecule has 0 radical (unpaired) electrons. The van der Waals surface area contributed by atoms with Crippen LogP contribution in [0.2, 0.25) is 0 Å². The molecule has 5 rings (SSSR count). The van der Waals surface area contributed by atoms with E-state index in [0.29, 0.717) is 35.0 Å². The van der Waals surface area contributed by atoms with Gasteiger partial charge in [0, 0.05) is 36.6 Å². The Bertz CT molecular complexity index is 2430. The summed E-state index contributed by atoms with van der Waals surface area (Å²) in [5, 5.41) is 0. The molecule has 0 aliphatic heterocycles. The van der Waals surface area contributed by atoms with Crippen molar-refractivity contribution >= 4 is 43.2 Å². The Hall–Kier alpha value is -6.34. The molecule has 0 saturated heterocycles. The number of hydrogen-bond acceptors (Lipinski definition) is 8. The second kappa shape index (κ2) is 20.5. The summed E-state index contributed by atoms with van der Waals surface area (Å²) < 4.78 is 129. The molecule has 5 aromatic rings. The zero-order chi connectivity index (χ0) is 45.2. The number of halogens is 4. The molecule has 0 heterocycles. The summed E-state index contributed by atoms with van der Waals surface area (Å²) >= 11 is 0. The number of carbonyl (C=O) groups excluding carboxylic acids is 2. The number of anilines is 2. The molecule has 0 fully saturated rings. The van der Waals surface area contributed by atoms with Crippen LogP contribution < -0.4 is 28.7 Å². The number of rotatable bonds is 20. The highest BCUT2D eigenvalue weighted by Gasteiger charge is 2.33. The van der Waals surface area contributed by atoms with Crippen LogP contribution in [0.1, 0.15) is 11.1 Å². The molecule has 0 aromatic heterocycles. The maximum absolute atomic E-state index is 14.3. The highest BCUT2D eigenvalue weighted by atomic mass is 32.2. The van der Waals surface area contributed by atoms with Gasteiger partial charge in [0.05, 0.1) is 24.0 Å². The zero-order valence-corrected chi connectivity index (χ0v) is 35.1. The Morgan fingerprint density at radius 3 is 1.23 bits per heavy atom. The minimum atomic E-state index is -4.84. The van der Waals surface area contributed by atoms with Crippen molar-refractivity contribution in [2.75, 3.05) is 37.1 Å². The van der Waals surface area contributed by atoms with Gasteiger partial charge in [0.1, 0.15) is 46.9 Å². The molecule has 2 N–H and O–H groups in total. The number of carbonyl (C=O) groups is 2. The second-order valence-corrected chi connectivity index (χ2v) is 17.1. The first-order valence-electron chi connectivity index (χ1n) is 18.6. The Kier molecular flexibility index (Phi) is 15.4. The minimum absolute atomic E-state index is 0.0774. The number of methoxy groups -OCH3 is 2. The van der Waals surface area contributed by atoms with E-state index in [-0.39, 0.29) is 24.2 Å². The van der Waals surface area contributed by atoms with Crippen molar-refractivity contribution in [3.05, 3.63) is 169 Å². The van der Waals surface area contributed by atoms with Gasteiger partial charge in [0.25, 0.3) is 0 Å². The molecule has 0 spiro atoms. The van der Waals surface area contributed by atoms with Gasteiger partial charge in [-0.1, -0.05) is 18.2 Å². The van der Waals surface area contributed by atoms with Gasteiger partial charge in [-0.15, -0.1) is 13.2 Å². The number of benzene rings is 5. The number of amides is 2. The first-order chi connectivity index (χ1) is 29.5. The van der Waals surface area contributed by atoms with Crippen molar-refractivity contribution in [2.45, 2.75) is 34.7 Å². The topological polar surface area (TPSA) is 151 Å². The molecule has 0 bridgehead atoms. The summed E-state index contributed by atoms with van der Waals surface area (Å²) in [5.74, 6) is -4.71. The van der Waals surface area contributed by atoms with E-state index in [1.165, 1.54) is 60.4 Å². The molecule has 62 heavy (non-hydrogen) atoms. The molecular formula is C44H42F4N4O8S2. The van der Waals surface area contributed by atoms with Gasteiger partial charge in [0.15, 0.2) is 0 Å². The fourth-order valence-corrected chi connectivity index (χ4v) is 8.95. The van der Waals surface area contributed by atoms with Crippen molar-refractivity contribution in [3.8, 4) is 11.5 Å². The molecule has 0 aliphatic carbocycles. The summed E-state index contributed by atoms with van der Waals surface area (Å²) in [6.07, 6.45) is 1.67. The first-order valence-corrected chi connectivity index (χ1v) is 21.6. The van der Waals surface area contributed by atoms with Crippen molar-refractivity contribution in [1.82, 2.24) is 9.44 Å². The van der Waals surface area contributed by atoms with Gasteiger partial charge >= 0.3 is 0 Å². The van der Waals surface area contributed by atoms with Crippen LogP contribution >= 0.6 is 0 Å². The predicted molar refractivity (Wildman–Crippen MR) is 226 cm³/mol. The zero-order valence-electron chi connectivity index (χ0n) is 33.4. The summed E-state index contributed by atoms with van der Waals surface area (Å²) in [5.41, 5.74) is 0.444. The lowest BCUT2D eigenvalue weighted by Gasteiger charge is -2.28. The average Bonchev–Trinajstić information content (AvgIpc) is 3.23. The van der Waals surface area contributed by atoms with Gasteiger partial charge in [-0.3, -0.25) is 9.59 Å². The van der Waals surface area contributed by atoms with Crippen LogP contribution in [0.3, 0.4) is 0 Å². The average molecular weight is 895 g/mol. The molecule has 326 valence electrons. The smallest absolute Gasteiger partial charge is 0.245 e. The van der Waals surface area contributed by atoms with Crippen LogP contribution in [-0.2, 0) is 42.5 Å². The Morgan fingerprint density at radius 1 is 0.581 bits per heavy atom. The summed E-state index contributed by atoms with van der Waals surface area (Å²) in [6.45, 7) is 7.12. The number of hydrogen-bond donors (Lipinski definition) is 2. The second-order valence-electron chi connectivity index (χ2n) is 13.7. The fourth-order valence-electron chi connectivity index (χ4n) is 6.41. The summed E-state index contributed by atoms with van der Waals surface area (Å²) in [6, 6.07) is 17.8. The molecule has 0 saturated carbocycles. The third-order valence-corrected chi connectivity index (χ3v) is 12.2. The van der Waals surface area contributed by atoms with Crippen LogP contribution in [0.15, 0.2) is 144 Å². The van der Waals surface area contributed by atoms with Gasteiger partial charge in [0.2, 0.25) is 31.9 Å². The highest BCUT2D eigenvalue weighted by molar-refractivity contribution is 7.90. The summed E-state index contributed by atoms with van der Waals surface area (Å²) in [7, 11) is -6.79. The van der Waals surface area contributed by atoms with E-state index in [1.807, 2.05) is 0 Å². The molecule has 5 aromatic carbocycles. The Labute approximate surface area is 357 Å². The lowest BCUT2D eigenvalue weighted by molar-refractivity contribution is -0.120. The normalized spacial score (nSPS) is 12.5. The van der Waals surface area contributed by atoms with Crippen LogP contribution in [0.4, 0.5) is 28.9 Å². The van der Waals surface area contributed by atoms with Gasteiger partial charge in [-0.25, -0.2) is 34.4 Å². The molecule has 18 heteroatoms. The van der Waals surface area contributed by atoms with Crippen LogP contribution in [0.25, 0.3) is 0 Å². The molecule has 0 aliphatic rings. The van der Waals surface area contributed by atoms with Gasteiger partial charge in [-0.2, -0.15) is 9.44 Å². The van der Waals surface area contributed by atoms with Crippen LogP contribution in [0, 0.1) is 23.3 Å². The predicted octanol–water partition coefficient (Wildman–Crippen LogP) is 6.48. The maximum Gasteiger partial charge on any atom is 0.245 e. The fraction of sp³-hybridized carbons (Fsp3) is 0.182. The molecule has 12 nitrogen and oxygen atoms in total. The number of nitrogens with zero attached hydrogens (tertiary/aromatic N) is 2. The monoisotopic (exact) mass is 894 g/mol. The lowest BCUT2D eigenvalue weighted by Crippen LogP contribution is -2.50. The van der Waals surface area contributed by atoms with Crippen molar-refractivity contribution < 1.29 is 53.5 Å². The van der Waals surface area contributed by atoms with E-state index >= 15 is 0 Å². The SMILES string of the molecule is C=CCN(C(=O)[C@H](Cc1cc(F)cc(F)c1)NS(=O)(=O)c1cccc(S(=O)(=O)N[C@@H](Cc2cc(F)cc(F)c2)C(=O)N(CC=C)c2ccc(OC)cc2)c1)c1ccc(OC)cc1. The molecule has 2 amide bonds. The summed E-state index contributed by atoms with van der Waals surface area (Å²) in [4.78, 5) is 29.6. The quantitative estimate of drug-likeness (QED) is 0.0667. The van der Waals surface area contributed by atoms with Crippen molar-refractivity contribution in [2.24, 2.45) is 0 Å². The van der Waals surface area contributed by atoms with E-state index in [9.17, 15) is 44.0 Å². The van der Waals surface area contributed by atoms with E-state index in [4.69, 9.17) is 9.47 Å². The Morgan fingerprint density at radius 2 is 0.919 bits per heavy atom.